The van der Waals surface area contributed by atoms with Crippen LogP contribution in [-0.4, -0.2) is 29.8 Å². The number of hydrogen-bond acceptors (Lipinski definition) is 4. The van der Waals surface area contributed by atoms with Crippen LogP contribution in [0.1, 0.15) is 78.8 Å². The van der Waals surface area contributed by atoms with Crippen molar-refractivity contribution in [2.75, 3.05) is 17.3 Å². The van der Waals surface area contributed by atoms with Gasteiger partial charge in [0.1, 0.15) is 11.4 Å². The smallest absolute Gasteiger partial charge is 0.261 e. The molecule has 0 bridgehead atoms. The Morgan fingerprint density at radius 3 is 2.53 bits per heavy atom. The van der Waals surface area contributed by atoms with E-state index in [2.05, 4.69) is 10.3 Å². The summed E-state index contributed by atoms with van der Waals surface area (Å²) in [4.78, 5) is 42.5. The highest BCUT2D eigenvalue weighted by Gasteiger charge is 2.32. The maximum absolute atomic E-state index is 14.8. The van der Waals surface area contributed by atoms with Gasteiger partial charge in [-0.2, -0.15) is 0 Å². The number of ketones is 1. The number of pyridine rings is 1. The third kappa shape index (κ3) is 4.47. The Bertz CT molecular complexity index is 1120. The van der Waals surface area contributed by atoms with Gasteiger partial charge in [-0.3, -0.25) is 14.4 Å². The van der Waals surface area contributed by atoms with E-state index in [1.165, 1.54) is 18.6 Å². The number of Topliss-reactive ketones (excluding diaryl/α,β-unsaturated/α-hetero) is 1. The molecule has 170 valence electrons. The fraction of sp³-hybridized carbons (Fsp3) is 0.480. The average Bonchev–Trinajstić information content (AvgIpc) is 2.72. The summed E-state index contributed by atoms with van der Waals surface area (Å²) in [5.41, 5.74) is 0.758. The summed E-state index contributed by atoms with van der Waals surface area (Å²) in [5, 5.41) is 2.59. The SMILES string of the molecule is CN(c1ccc(NC(=O)c2cc3c([nH]c2=O)CC(C)(C)CC3=O)cc1F)C1CCCCC1. The fourth-order valence-electron chi connectivity index (χ4n) is 4.93. The first-order valence-electron chi connectivity index (χ1n) is 11.3. The van der Waals surface area contributed by atoms with Crippen molar-refractivity contribution >= 4 is 23.1 Å². The first-order valence-corrected chi connectivity index (χ1v) is 11.3. The second kappa shape index (κ2) is 8.52. The van der Waals surface area contributed by atoms with Crippen LogP contribution in [-0.2, 0) is 6.42 Å². The van der Waals surface area contributed by atoms with Crippen molar-refractivity contribution in [2.24, 2.45) is 5.41 Å². The number of aromatic nitrogens is 1. The van der Waals surface area contributed by atoms with Crippen molar-refractivity contribution in [1.82, 2.24) is 4.98 Å². The minimum absolute atomic E-state index is 0.0947. The number of aromatic amines is 1. The number of halogens is 1. The van der Waals surface area contributed by atoms with Gasteiger partial charge in [0, 0.05) is 36.5 Å². The van der Waals surface area contributed by atoms with Crippen LogP contribution in [0, 0.1) is 11.2 Å². The van der Waals surface area contributed by atoms with E-state index >= 15 is 0 Å². The molecule has 2 aromatic rings. The third-order valence-corrected chi connectivity index (χ3v) is 6.67. The summed E-state index contributed by atoms with van der Waals surface area (Å²) in [5.74, 6) is -1.19. The molecule has 2 N–H and O–H groups in total. The average molecular weight is 440 g/mol. The Balaban J connectivity index is 1.53. The van der Waals surface area contributed by atoms with Crippen LogP contribution in [0.4, 0.5) is 15.8 Å². The van der Waals surface area contributed by atoms with Crippen molar-refractivity contribution in [3.63, 3.8) is 0 Å². The topological polar surface area (TPSA) is 82.3 Å². The zero-order chi connectivity index (χ0) is 23.0. The molecular formula is C25H30FN3O3. The van der Waals surface area contributed by atoms with Gasteiger partial charge >= 0.3 is 0 Å². The molecular weight excluding hydrogens is 409 g/mol. The Morgan fingerprint density at radius 1 is 1.12 bits per heavy atom. The lowest BCUT2D eigenvalue weighted by atomic mass is 9.75. The summed E-state index contributed by atoms with van der Waals surface area (Å²) in [6.07, 6.45) is 6.54. The highest BCUT2D eigenvalue weighted by Crippen LogP contribution is 2.33. The highest BCUT2D eigenvalue weighted by atomic mass is 19.1. The monoisotopic (exact) mass is 439 g/mol. The number of anilines is 2. The van der Waals surface area contributed by atoms with E-state index in [1.807, 2.05) is 25.8 Å². The molecule has 0 radical (unpaired) electrons. The number of rotatable bonds is 4. The predicted molar refractivity (Wildman–Crippen MR) is 123 cm³/mol. The number of hydrogen-bond donors (Lipinski definition) is 2. The Hall–Kier alpha value is -2.96. The molecule has 1 fully saturated rings. The van der Waals surface area contributed by atoms with Gasteiger partial charge in [0.2, 0.25) is 0 Å². The molecule has 0 unspecified atom stereocenters. The van der Waals surface area contributed by atoms with Gasteiger partial charge in [-0.25, -0.2) is 4.39 Å². The number of H-pyrrole nitrogens is 1. The Kier molecular flexibility index (Phi) is 5.93. The number of carbonyl (C=O) groups is 2. The fourth-order valence-corrected chi connectivity index (χ4v) is 4.93. The Morgan fingerprint density at radius 2 is 1.84 bits per heavy atom. The van der Waals surface area contributed by atoms with E-state index in [9.17, 15) is 18.8 Å². The van der Waals surface area contributed by atoms with Crippen LogP contribution in [0.25, 0.3) is 0 Å². The lowest BCUT2D eigenvalue weighted by molar-refractivity contribution is 0.0910. The first-order chi connectivity index (χ1) is 15.1. The van der Waals surface area contributed by atoms with Crippen molar-refractivity contribution in [2.45, 2.75) is 64.8 Å². The predicted octanol–water partition coefficient (Wildman–Crippen LogP) is 4.69. The van der Waals surface area contributed by atoms with E-state index in [-0.39, 0.29) is 22.4 Å². The maximum atomic E-state index is 14.8. The molecule has 1 aromatic heterocycles. The first kappa shape index (κ1) is 22.2. The van der Waals surface area contributed by atoms with Crippen LogP contribution in [0.3, 0.4) is 0 Å². The summed E-state index contributed by atoms with van der Waals surface area (Å²) in [6, 6.07) is 6.24. The number of benzene rings is 1. The molecule has 1 saturated carbocycles. The van der Waals surface area contributed by atoms with E-state index in [0.29, 0.717) is 35.8 Å². The lowest BCUT2D eigenvalue weighted by Crippen LogP contribution is -2.34. The number of nitrogens with zero attached hydrogens (tertiary/aromatic N) is 1. The molecule has 0 spiro atoms. The number of nitrogens with one attached hydrogen (secondary N) is 2. The molecule has 2 aliphatic rings. The van der Waals surface area contributed by atoms with Crippen molar-refractivity contribution in [3.8, 4) is 0 Å². The van der Waals surface area contributed by atoms with Crippen LogP contribution in [0.5, 0.6) is 0 Å². The molecule has 1 amide bonds. The standard InChI is InChI=1S/C25H30FN3O3/c1-25(2)13-20-17(22(30)14-25)12-18(24(32)28-20)23(31)27-15-9-10-21(19(26)11-15)29(3)16-7-5-4-6-8-16/h9-12,16H,4-8,13-14H2,1-3H3,(H,27,31)(H,28,32). The molecule has 1 aromatic carbocycles. The minimum Gasteiger partial charge on any atom is -0.369 e. The minimum atomic E-state index is -0.667. The number of amides is 1. The second-order valence-electron chi connectivity index (χ2n) is 9.87. The highest BCUT2D eigenvalue weighted by molar-refractivity contribution is 6.06. The third-order valence-electron chi connectivity index (χ3n) is 6.67. The van der Waals surface area contributed by atoms with Crippen molar-refractivity contribution < 1.29 is 14.0 Å². The van der Waals surface area contributed by atoms with E-state index in [0.717, 1.165) is 25.7 Å². The summed E-state index contributed by atoms with van der Waals surface area (Å²) in [7, 11) is 1.90. The molecule has 0 atom stereocenters. The van der Waals surface area contributed by atoms with Gasteiger partial charge in [0.25, 0.3) is 11.5 Å². The van der Waals surface area contributed by atoms with Gasteiger partial charge in [0.05, 0.1) is 5.69 Å². The largest absolute Gasteiger partial charge is 0.369 e. The summed E-state index contributed by atoms with van der Waals surface area (Å²) in [6.45, 7) is 3.94. The zero-order valence-corrected chi connectivity index (χ0v) is 18.9. The molecule has 1 heterocycles. The summed E-state index contributed by atoms with van der Waals surface area (Å²) >= 11 is 0. The Labute approximate surface area is 187 Å². The number of fused-ring (bicyclic) bond motifs is 1. The molecule has 6 nitrogen and oxygen atoms in total. The normalized spacial score (nSPS) is 18.2. The van der Waals surface area contributed by atoms with E-state index in [1.54, 1.807) is 12.1 Å². The molecule has 0 saturated heterocycles. The molecule has 2 aliphatic carbocycles. The molecule has 32 heavy (non-hydrogen) atoms. The summed E-state index contributed by atoms with van der Waals surface area (Å²) < 4.78 is 14.8. The quantitative estimate of drug-likeness (QED) is 0.724. The van der Waals surface area contributed by atoms with Gasteiger partial charge in [0.15, 0.2) is 5.78 Å². The number of carbonyl (C=O) groups excluding carboxylic acids is 2. The van der Waals surface area contributed by atoms with E-state index in [4.69, 9.17) is 0 Å². The van der Waals surface area contributed by atoms with Gasteiger partial charge in [-0.1, -0.05) is 33.1 Å². The van der Waals surface area contributed by atoms with Crippen LogP contribution < -0.4 is 15.8 Å². The van der Waals surface area contributed by atoms with Gasteiger partial charge in [-0.15, -0.1) is 0 Å². The lowest BCUT2D eigenvalue weighted by Gasteiger charge is -2.33. The van der Waals surface area contributed by atoms with Crippen LogP contribution in [0.2, 0.25) is 0 Å². The van der Waals surface area contributed by atoms with Crippen molar-refractivity contribution in [1.29, 1.82) is 0 Å². The zero-order valence-electron chi connectivity index (χ0n) is 18.9. The molecule has 4 rings (SSSR count). The maximum Gasteiger partial charge on any atom is 0.261 e. The van der Waals surface area contributed by atoms with E-state index < -0.39 is 17.3 Å². The molecule has 7 heteroatoms. The van der Waals surface area contributed by atoms with Crippen LogP contribution in [0.15, 0.2) is 29.1 Å². The molecule has 0 aliphatic heterocycles. The van der Waals surface area contributed by atoms with Crippen molar-refractivity contribution in [3.05, 3.63) is 57.3 Å². The van der Waals surface area contributed by atoms with Crippen LogP contribution >= 0.6 is 0 Å². The van der Waals surface area contributed by atoms with Gasteiger partial charge in [-0.05, 0) is 48.9 Å². The van der Waals surface area contributed by atoms with Gasteiger partial charge < -0.3 is 15.2 Å². The second-order valence-corrected chi connectivity index (χ2v) is 9.87.